The van der Waals surface area contributed by atoms with E-state index in [1.807, 2.05) is 13.0 Å². The van der Waals surface area contributed by atoms with Crippen LogP contribution in [-0.2, 0) is 16.6 Å². The number of hydrogen-bond donors (Lipinski definition) is 3. The molecule has 1 atom stereocenters. The number of hydrogen-bond acceptors (Lipinski definition) is 4. The van der Waals surface area contributed by atoms with Crippen molar-refractivity contribution in [2.45, 2.75) is 115 Å². The Hall–Kier alpha value is -2.37. The normalized spacial score (nSPS) is 16.1. The molecule has 204 valence electrons. The van der Waals surface area contributed by atoms with Gasteiger partial charge in [0.25, 0.3) is 0 Å². The van der Waals surface area contributed by atoms with E-state index in [0.717, 1.165) is 62.7 Å². The second-order valence-electron chi connectivity index (χ2n) is 11.1. The van der Waals surface area contributed by atoms with Crippen molar-refractivity contribution >= 4 is 5.97 Å². The number of rotatable bonds is 14. The van der Waals surface area contributed by atoms with Gasteiger partial charge in [-0.1, -0.05) is 57.0 Å². The summed E-state index contributed by atoms with van der Waals surface area (Å²) in [6.45, 7) is 8.87. The van der Waals surface area contributed by atoms with Crippen LogP contribution in [0.1, 0.15) is 106 Å². The topological polar surface area (TPSA) is 87.0 Å². The number of ether oxygens (including phenoxy) is 1. The fourth-order valence-corrected chi connectivity index (χ4v) is 6.02. The first-order valence-corrected chi connectivity index (χ1v) is 14.1. The van der Waals surface area contributed by atoms with Crippen molar-refractivity contribution in [1.82, 2.24) is 0 Å². The molecule has 1 aliphatic carbocycles. The third-order valence-corrected chi connectivity index (χ3v) is 8.58. The molecule has 0 bridgehead atoms. The minimum atomic E-state index is -0.845. The van der Waals surface area contributed by atoms with Gasteiger partial charge >= 0.3 is 5.97 Å². The second-order valence-corrected chi connectivity index (χ2v) is 11.1. The van der Waals surface area contributed by atoms with E-state index in [0.29, 0.717) is 12.8 Å². The van der Waals surface area contributed by atoms with Gasteiger partial charge in [-0.15, -0.1) is 0 Å². The monoisotopic (exact) mass is 510 g/mol. The Kier molecular flexibility index (Phi) is 10.2. The molecular formula is C32H46O5. The Labute approximate surface area is 222 Å². The molecule has 37 heavy (non-hydrogen) atoms. The van der Waals surface area contributed by atoms with Crippen LogP contribution in [0.25, 0.3) is 0 Å². The molecule has 0 heterocycles. The van der Waals surface area contributed by atoms with Gasteiger partial charge in [-0.25, -0.2) is 0 Å². The minimum Gasteiger partial charge on any atom is -0.491 e. The van der Waals surface area contributed by atoms with E-state index >= 15 is 0 Å². The molecular weight excluding hydrogens is 464 g/mol. The number of aliphatic carboxylic acids is 1. The Morgan fingerprint density at radius 2 is 1.65 bits per heavy atom. The maximum absolute atomic E-state index is 10.8. The number of carboxylic acid groups (broad SMARTS) is 1. The van der Waals surface area contributed by atoms with Crippen LogP contribution in [-0.4, -0.2) is 39.6 Å². The minimum absolute atomic E-state index is 0.0591. The maximum Gasteiger partial charge on any atom is 0.303 e. The van der Waals surface area contributed by atoms with Gasteiger partial charge in [-0.3, -0.25) is 4.79 Å². The largest absolute Gasteiger partial charge is 0.491 e. The number of carboxylic acids is 1. The van der Waals surface area contributed by atoms with Gasteiger partial charge in [0.15, 0.2) is 0 Å². The Bertz CT molecular complexity index is 1030. The molecule has 1 fully saturated rings. The molecule has 0 amide bonds. The van der Waals surface area contributed by atoms with Crippen LogP contribution in [0.2, 0.25) is 0 Å². The zero-order chi connectivity index (χ0) is 27.1. The summed E-state index contributed by atoms with van der Waals surface area (Å²) in [4.78, 5) is 10.7. The summed E-state index contributed by atoms with van der Waals surface area (Å²) in [5.41, 5.74) is 5.65. The maximum atomic E-state index is 10.8. The first kappa shape index (κ1) is 29.2. The van der Waals surface area contributed by atoms with Gasteiger partial charge in [-0.2, -0.15) is 0 Å². The first-order valence-electron chi connectivity index (χ1n) is 14.1. The molecule has 3 rings (SSSR count). The van der Waals surface area contributed by atoms with E-state index in [-0.39, 0.29) is 18.4 Å². The number of carbonyl (C=O) groups is 1. The third kappa shape index (κ3) is 7.36. The average molecular weight is 511 g/mol. The highest BCUT2D eigenvalue weighted by Gasteiger charge is 2.33. The first-order chi connectivity index (χ1) is 17.6. The Balaban J connectivity index is 1.73. The Morgan fingerprint density at radius 1 is 1.03 bits per heavy atom. The summed E-state index contributed by atoms with van der Waals surface area (Å²) >= 11 is 0. The molecule has 0 aliphatic heterocycles. The lowest BCUT2D eigenvalue weighted by Crippen LogP contribution is -2.27. The van der Waals surface area contributed by atoms with E-state index in [4.69, 9.17) is 9.84 Å². The lowest BCUT2D eigenvalue weighted by molar-refractivity contribution is -0.137. The van der Waals surface area contributed by atoms with E-state index in [2.05, 4.69) is 51.1 Å². The predicted molar refractivity (Wildman–Crippen MR) is 148 cm³/mol. The van der Waals surface area contributed by atoms with E-state index in [1.54, 1.807) is 0 Å². The number of aliphatic hydroxyl groups excluding tert-OH is 1. The van der Waals surface area contributed by atoms with Gasteiger partial charge in [0.2, 0.25) is 0 Å². The summed E-state index contributed by atoms with van der Waals surface area (Å²) in [6, 6.07) is 13.2. The third-order valence-electron chi connectivity index (χ3n) is 8.58. The summed E-state index contributed by atoms with van der Waals surface area (Å²) in [5.74, 6) is -0.0964. The fraction of sp³-hybridized carbons (Fsp3) is 0.594. The van der Waals surface area contributed by atoms with Crippen LogP contribution in [0.15, 0.2) is 36.4 Å². The molecule has 3 N–H and O–H groups in total. The molecule has 1 saturated carbocycles. The van der Waals surface area contributed by atoms with Crippen molar-refractivity contribution in [3.05, 3.63) is 64.2 Å². The van der Waals surface area contributed by atoms with Gasteiger partial charge < -0.3 is 20.1 Å². The van der Waals surface area contributed by atoms with E-state index < -0.39 is 17.7 Å². The van der Waals surface area contributed by atoms with Crippen LogP contribution in [0.4, 0.5) is 0 Å². The highest BCUT2D eigenvalue weighted by atomic mass is 16.5. The lowest BCUT2D eigenvalue weighted by atomic mass is 9.69. The molecule has 0 saturated heterocycles. The van der Waals surface area contributed by atoms with Crippen molar-refractivity contribution < 1.29 is 24.9 Å². The zero-order valence-electron chi connectivity index (χ0n) is 23.2. The van der Waals surface area contributed by atoms with Crippen LogP contribution in [0, 0.1) is 13.8 Å². The quantitative estimate of drug-likeness (QED) is 0.265. The summed E-state index contributed by atoms with van der Waals surface area (Å²) < 4.78 is 5.89. The van der Waals surface area contributed by atoms with Gasteiger partial charge in [-0.05, 0) is 99.1 Å². The van der Waals surface area contributed by atoms with Gasteiger partial charge in [0.05, 0.1) is 11.7 Å². The summed E-state index contributed by atoms with van der Waals surface area (Å²) in [7, 11) is 0. The second kappa shape index (κ2) is 12.9. The molecule has 5 nitrogen and oxygen atoms in total. The summed E-state index contributed by atoms with van der Waals surface area (Å²) in [6.07, 6.45) is 8.08. The van der Waals surface area contributed by atoms with E-state index in [1.165, 1.54) is 22.3 Å². The Morgan fingerprint density at radius 3 is 2.22 bits per heavy atom. The predicted octanol–water partition coefficient (Wildman–Crippen LogP) is 6.64. The van der Waals surface area contributed by atoms with Crippen LogP contribution < -0.4 is 4.74 Å². The molecule has 1 unspecified atom stereocenters. The SMILES string of the molecule is CCC(CC)(c1ccc(CCC2(O)CCCC2)c(C)c1)c1ccc(OCC(O)CCCC(=O)O)c(C)c1. The zero-order valence-corrected chi connectivity index (χ0v) is 23.2. The van der Waals surface area contributed by atoms with Crippen molar-refractivity contribution in [3.63, 3.8) is 0 Å². The van der Waals surface area contributed by atoms with Crippen molar-refractivity contribution in [2.75, 3.05) is 6.61 Å². The van der Waals surface area contributed by atoms with Crippen molar-refractivity contribution in [2.24, 2.45) is 0 Å². The average Bonchev–Trinajstić information content (AvgIpc) is 3.30. The fourth-order valence-electron chi connectivity index (χ4n) is 6.02. The van der Waals surface area contributed by atoms with Crippen LogP contribution in [0.3, 0.4) is 0 Å². The highest BCUT2D eigenvalue weighted by Crippen LogP contribution is 2.41. The lowest BCUT2D eigenvalue weighted by Gasteiger charge is -2.34. The van der Waals surface area contributed by atoms with E-state index in [9.17, 15) is 15.0 Å². The van der Waals surface area contributed by atoms with Crippen LogP contribution >= 0.6 is 0 Å². The number of aryl methyl sites for hydroxylation is 3. The highest BCUT2D eigenvalue weighted by molar-refractivity contribution is 5.66. The molecule has 0 radical (unpaired) electrons. The molecule has 5 heteroatoms. The molecule has 0 aromatic heterocycles. The molecule has 0 spiro atoms. The standard InChI is InChI=1S/C32H46O5/c1-5-32(6-2,26-13-12-25(23(3)20-26)16-19-31(36)17-7-8-18-31)27-14-15-29(24(4)21-27)37-22-28(33)10-9-11-30(34)35/h12-15,20-21,28,33,36H,5-11,16-19,22H2,1-4H3,(H,34,35). The van der Waals surface area contributed by atoms with Crippen LogP contribution in [0.5, 0.6) is 5.75 Å². The van der Waals surface area contributed by atoms with Crippen molar-refractivity contribution in [1.29, 1.82) is 0 Å². The summed E-state index contributed by atoms with van der Waals surface area (Å²) in [5, 5.41) is 29.7. The smallest absolute Gasteiger partial charge is 0.303 e. The molecule has 1 aliphatic rings. The van der Waals surface area contributed by atoms with Gasteiger partial charge in [0, 0.05) is 11.8 Å². The number of benzene rings is 2. The number of aliphatic hydroxyl groups is 2. The molecule has 2 aromatic carbocycles. The van der Waals surface area contributed by atoms with Gasteiger partial charge in [0.1, 0.15) is 12.4 Å². The molecule has 2 aromatic rings. The van der Waals surface area contributed by atoms with Crippen molar-refractivity contribution in [3.8, 4) is 5.75 Å².